The van der Waals surface area contributed by atoms with E-state index in [0.717, 1.165) is 75.0 Å². The lowest BCUT2D eigenvalue weighted by Gasteiger charge is -2.27. The number of aliphatic hydroxyl groups excluding tert-OH is 1. The second kappa shape index (κ2) is 10.3. The van der Waals surface area contributed by atoms with Crippen LogP contribution in [0.3, 0.4) is 0 Å². The molecule has 0 aromatic carbocycles. The minimum absolute atomic E-state index is 0. The first-order valence-corrected chi connectivity index (χ1v) is 10.7. The van der Waals surface area contributed by atoms with E-state index in [1.807, 2.05) is 0 Å². The summed E-state index contributed by atoms with van der Waals surface area (Å²) >= 11 is 0. The van der Waals surface area contributed by atoms with Crippen molar-refractivity contribution in [3.05, 3.63) is 18.0 Å². The Hall–Kier alpha value is -1.62. The maximum atomic E-state index is 12.5. The Morgan fingerprint density at radius 3 is 2.55 bits per heavy atom. The van der Waals surface area contributed by atoms with Crippen LogP contribution in [-0.4, -0.2) is 69.5 Å². The molecule has 3 heterocycles. The van der Waals surface area contributed by atoms with Crippen molar-refractivity contribution in [1.82, 2.24) is 24.8 Å². The molecule has 3 N–H and O–H groups in total. The summed E-state index contributed by atoms with van der Waals surface area (Å²) in [7, 11) is 0. The van der Waals surface area contributed by atoms with E-state index in [2.05, 4.69) is 36.3 Å². The van der Waals surface area contributed by atoms with Gasteiger partial charge in [-0.25, -0.2) is 4.98 Å². The highest BCUT2D eigenvalue weighted by Crippen LogP contribution is 2.33. The number of nitrogens with zero attached hydrogens (tertiary/aromatic N) is 4. The number of alkyl halides is 3. The summed E-state index contributed by atoms with van der Waals surface area (Å²) in [6, 6.07) is 0.227. The molecule has 2 aromatic rings. The highest BCUT2D eigenvalue weighted by Gasteiger charge is 2.27. The zero-order valence-corrected chi connectivity index (χ0v) is 18.2. The molecule has 0 unspecified atom stereocenters. The first-order valence-electron chi connectivity index (χ1n) is 10.7. The summed E-state index contributed by atoms with van der Waals surface area (Å²) in [5.41, 5.74) is 1.89. The van der Waals surface area contributed by atoms with Crippen molar-refractivity contribution in [3.63, 3.8) is 0 Å². The smallest absolute Gasteiger partial charge is 0.390 e. The van der Waals surface area contributed by atoms with Gasteiger partial charge < -0.3 is 20.3 Å². The van der Waals surface area contributed by atoms with Crippen molar-refractivity contribution in [2.24, 2.45) is 0 Å². The molecule has 31 heavy (non-hydrogen) atoms. The summed E-state index contributed by atoms with van der Waals surface area (Å²) < 4.78 is 39.5. The van der Waals surface area contributed by atoms with E-state index >= 15 is 0 Å². The van der Waals surface area contributed by atoms with Crippen LogP contribution in [0.2, 0.25) is 0 Å². The number of hydrogen-bond donors (Lipinski definition) is 3. The summed E-state index contributed by atoms with van der Waals surface area (Å²) in [5, 5.41) is 16.9. The fourth-order valence-electron chi connectivity index (χ4n) is 4.35. The van der Waals surface area contributed by atoms with Crippen LogP contribution in [0, 0.1) is 0 Å². The molecular formula is C20H30ClF3N6O. The maximum absolute atomic E-state index is 12.5. The molecule has 2 aromatic heterocycles. The van der Waals surface area contributed by atoms with Gasteiger partial charge in [0.2, 0.25) is 5.95 Å². The normalized spacial score (nSPS) is 23.0. The number of fused-ring (bicyclic) bond motifs is 1. The predicted molar refractivity (Wildman–Crippen MR) is 116 cm³/mol. The third-order valence-corrected chi connectivity index (χ3v) is 6.01. The second-order valence-electron chi connectivity index (χ2n) is 8.27. The van der Waals surface area contributed by atoms with Crippen molar-refractivity contribution in [1.29, 1.82) is 0 Å². The van der Waals surface area contributed by atoms with Gasteiger partial charge in [-0.3, -0.25) is 4.90 Å². The van der Waals surface area contributed by atoms with Gasteiger partial charge in [-0.15, -0.1) is 12.4 Å². The minimum Gasteiger partial charge on any atom is -0.393 e. The van der Waals surface area contributed by atoms with Crippen molar-refractivity contribution >= 4 is 29.4 Å². The summed E-state index contributed by atoms with van der Waals surface area (Å²) in [6.07, 6.45) is 1.68. The molecular weight excluding hydrogens is 433 g/mol. The average Bonchev–Trinajstić information content (AvgIpc) is 3.06. The van der Waals surface area contributed by atoms with Crippen LogP contribution in [0.1, 0.15) is 43.7 Å². The van der Waals surface area contributed by atoms with Gasteiger partial charge in [0.05, 0.1) is 12.5 Å². The molecule has 2 aliphatic rings. The van der Waals surface area contributed by atoms with Gasteiger partial charge in [-0.05, 0) is 31.2 Å². The number of aromatic nitrogens is 3. The molecule has 0 spiro atoms. The number of piperazine rings is 1. The molecule has 0 bridgehead atoms. The van der Waals surface area contributed by atoms with Crippen molar-refractivity contribution in [2.45, 2.75) is 57.0 Å². The predicted octanol–water partition coefficient (Wildman–Crippen LogP) is 3.10. The fraction of sp³-hybridized carbons (Fsp3) is 0.700. The van der Waals surface area contributed by atoms with Crippen molar-refractivity contribution in [3.8, 4) is 0 Å². The second-order valence-corrected chi connectivity index (χ2v) is 8.27. The largest absolute Gasteiger partial charge is 0.393 e. The molecule has 1 saturated carbocycles. The molecule has 0 amide bonds. The molecule has 174 valence electrons. The number of anilines is 1. The molecule has 1 aliphatic heterocycles. The molecule has 1 saturated heterocycles. The number of aliphatic hydroxyl groups is 1. The van der Waals surface area contributed by atoms with Gasteiger partial charge >= 0.3 is 6.18 Å². The number of rotatable bonds is 6. The van der Waals surface area contributed by atoms with Crippen LogP contribution < -0.4 is 10.6 Å². The maximum Gasteiger partial charge on any atom is 0.390 e. The van der Waals surface area contributed by atoms with Crippen LogP contribution in [-0.2, 0) is 6.54 Å². The Bertz CT molecular complexity index is 847. The molecule has 4 rings (SSSR count). The van der Waals surface area contributed by atoms with Gasteiger partial charge in [-0.1, -0.05) is 0 Å². The van der Waals surface area contributed by atoms with Crippen molar-refractivity contribution < 1.29 is 18.3 Å². The molecule has 0 radical (unpaired) electrons. The van der Waals surface area contributed by atoms with Crippen LogP contribution >= 0.6 is 12.4 Å². The fourth-order valence-corrected chi connectivity index (χ4v) is 4.35. The summed E-state index contributed by atoms with van der Waals surface area (Å²) in [5.74, 6) is 0.218. The Morgan fingerprint density at radius 1 is 1.16 bits per heavy atom. The number of hydrogen-bond acceptors (Lipinski definition) is 6. The molecule has 11 heteroatoms. The first kappa shape index (κ1) is 24.0. The van der Waals surface area contributed by atoms with E-state index in [1.54, 1.807) is 6.20 Å². The standard InChI is InChI=1S/C20H29F3N6O.ClH/c21-20(22,23)5-6-25-19-26-11-17-14(12-28-9-7-24-8-10-28)13-29(18(17)27-19)15-1-3-16(30)4-2-15;/h11,13,15-16,24,30H,1-10,12H2,(H,25,26,27);1H. The zero-order valence-electron chi connectivity index (χ0n) is 17.4. The third-order valence-electron chi connectivity index (χ3n) is 6.01. The number of nitrogens with one attached hydrogen (secondary N) is 2. The molecule has 1 aliphatic carbocycles. The van der Waals surface area contributed by atoms with Crippen LogP contribution in [0.25, 0.3) is 11.0 Å². The van der Waals surface area contributed by atoms with E-state index in [-0.39, 0.29) is 37.0 Å². The Morgan fingerprint density at radius 2 is 1.87 bits per heavy atom. The Kier molecular flexibility index (Phi) is 8.01. The van der Waals surface area contributed by atoms with Gasteiger partial charge in [-0.2, -0.15) is 18.2 Å². The van der Waals surface area contributed by atoms with Gasteiger partial charge in [0.1, 0.15) is 5.65 Å². The zero-order chi connectivity index (χ0) is 21.1. The highest BCUT2D eigenvalue weighted by atomic mass is 35.5. The molecule has 2 fully saturated rings. The Balaban J connectivity index is 0.00000272. The van der Waals surface area contributed by atoms with Gasteiger partial charge in [0.15, 0.2) is 0 Å². The monoisotopic (exact) mass is 462 g/mol. The average molecular weight is 463 g/mol. The first-order chi connectivity index (χ1) is 14.4. The van der Waals surface area contributed by atoms with E-state index in [0.29, 0.717) is 0 Å². The van der Waals surface area contributed by atoms with E-state index in [1.165, 1.54) is 0 Å². The third kappa shape index (κ3) is 6.21. The van der Waals surface area contributed by atoms with Crippen LogP contribution in [0.15, 0.2) is 12.4 Å². The topological polar surface area (TPSA) is 78.2 Å². The summed E-state index contributed by atoms with van der Waals surface area (Å²) in [6.45, 7) is 4.41. The van der Waals surface area contributed by atoms with Crippen LogP contribution in [0.5, 0.6) is 0 Å². The van der Waals surface area contributed by atoms with Gasteiger partial charge in [0.25, 0.3) is 0 Å². The lowest BCUT2D eigenvalue weighted by atomic mass is 9.93. The minimum atomic E-state index is -4.21. The van der Waals surface area contributed by atoms with E-state index in [4.69, 9.17) is 0 Å². The molecule has 0 atom stereocenters. The lowest BCUT2D eigenvalue weighted by molar-refractivity contribution is -0.131. The Labute approximate surface area is 185 Å². The SMILES string of the molecule is Cl.OC1CCC(n2cc(CN3CCNCC3)c3cnc(NCCC(F)(F)F)nc32)CC1. The van der Waals surface area contributed by atoms with Crippen molar-refractivity contribution in [2.75, 3.05) is 38.0 Å². The number of halogens is 4. The van der Waals surface area contributed by atoms with Crippen LogP contribution in [0.4, 0.5) is 19.1 Å². The van der Waals surface area contributed by atoms with E-state index < -0.39 is 12.6 Å². The quantitative estimate of drug-likeness (QED) is 0.612. The summed E-state index contributed by atoms with van der Waals surface area (Å²) in [4.78, 5) is 11.2. The molecule has 7 nitrogen and oxygen atoms in total. The van der Waals surface area contributed by atoms with Gasteiger partial charge in [0, 0.05) is 63.1 Å². The highest BCUT2D eigenvalue weighted by molar-refractivity contribution is 5.85. The lowest BCUT2D eigenvalue weighted by Crippen LogP contribution is -2.42. The van der Waals surface area contributed by atoms with E-state index in [9.17, 15) is 18.3 Å².